The molecular weight excluding hydrogens is 242 g/mol. The minimum absolute atomic E-state index is 0.668. The molecule has 0 fully saturated rings. The topological polar surface area (TPSA) is 64.7 Å². The number of nitrogens with zero attached hydrogens (tertiary/aromatic N) is 5. The normalized spacial score (nSPS) is 11.7. The van der Waals surface area contributed by atoms with Crippen molar-refractivity contribution in [1.29, 1.82) is 0 Å². The van der Waals surface area contributed by atoms with E-state index in [-0.39, 0.29) is 0 Å². The highest BCUT2D eigenvalue weighted by Crippen LogP contribution is 2.19. The first-order valence-electron chi connectivity index (χ1n) is 6.03. The molecule has 1 aromatic carbocycles. The minimum Gasteiger partial charge on any atom is -0.399 e. The first kappa shape index (κ1) is 11.6. The molecule has 0 N–H and O–H groups in total. The molecule has 2 heterocycles. The quantitative estimate of drug-likeness (QED) is 0.529. The first-order chi connectivity index (χ1) is 9.33. The SMILES string of the molecule is CCc1ccc2cc(C=NOC)c3nnnn3c2c1. The number of hydrogen-bond donors (Lipinski definition) is 0. The number of tetrazole rings is 1. The zero-order chi connectivity index (χ0) is 13.2. The van der Waals surface area contributed by atoms with E-state index in [2.05, 4.69) is 45.8 Å². The van der Waals surface area contributed by atoms with Crippen LogP contribution in [0.3, 0.4) is 0 Å². The van der Waals surface area contributed by atoms with Gasteiger partial charge < -0.3 is 4.84 Å². The Morgan fingerprint density at radius 3 is 3.05 bits per heavy atom. The van der Waals surface area contributed by atoms with Gasteiger partial charge in [-0.15, -0.1) is 5.10 Å². The predicted molar refractivity (Wildman–Crippen MR) is 72.3 cm³/mol. The highest BCUT2D eigenvalue weighted by atomic mass is 16.6. The van der Waals surface area contributed by atoms with E-state index in [1.165, 1.54) is 12.7 Å². The summed E-state index contributed by atoms with van der Waals surface area (Å²) in [6.45, 7) is 2.12. The van der Waals surface area contributed by atoms with E-state index in [9.17, 15) is 0 Å². The zero-order valence-electron chi connectivity index (χ0n) is 10.7. The molecule has 96 valence electrons. The Morgan fingerprint density at radius 2 is 2.26 bits per heavy atom. The smallest absolute Gasteiger partial charge is 0.188 e. The van der Waals surface area contributed by atoms with Gasteiger partial charge in [0.05, 0.1) is 11.7 Å². The van der Waals surface area contributed by atoms with E-state index in [1.54, 1.807) is 10.7 Å². The van der Waals surface area contributed by atoms with Crippen LogP contribution in [0.1, 0.15) is 18.1 Å². The van der Waals surface area contributed by atoms with Crippen LogP contribution in [0.2, 0.25) is 0 Å². The summed E-state index contributed by atoms with van der Waals surface area (Å²) >= 11 is 0. The molecule has 0 amide bonds. The van der Waals surface area contributed by atoms with Gasteiger partial charge in [0.15, 0.2) is 5.65 Å². The number of hydrogen-bond acceptors (Lipinski definition) is 5. The number of benzene rings is 1. The molecule has 0 saturated carbocycles. The van der Waals surface area contributed by atoms with E-state index >= 15 is 0 Å². The van der Waals surface area contributed by atoms with Crippen LogP contribution in [0.25, 0.3) is 16.6 Å². The highest BCUT2D eigenvalue weighted by Gasteiger charge is 2.09. The van der Waals surface area contributed by atoms with Gasteiger partial charge in [-0.3, -0.25) is 0 Å². The molecule has 0 atom stereocenters. The van der Waals surface area contributed by atoms with E-state index in [4.69, 9.17) is 4.84 Å². The molecule has 0 spiro atoms. The fourth-order valence-electron chi connectivity index (χ4n) is 2.08. The van der Waals surface area contributed by atoms with Crippen molar-refractivity contribution in [3.63, 3.8) is 0 Å². The van der Waals surface area contributed by atoms with Crippen LogP contribution in [0.4, 0.5) is 0 Å². The van der Waals surface area contributed by atoms with E-state index in [1.807, 2.05) is 6.07 Å². The summed E-state index contributed by atoms with van der Waals surface area (Å²) in [7, 11) is 1.50. The largest absolute Gasteiger partial charge is 0.399 e. The maximum atomic E-state index is 4.71. The predicted octanol–water partition coefficient (Wildman–Crippen LogP) is 1.82. The summed E-state index contributed by atoms with van der Waals surface area (Å²) in [5.74, 6) is 0. The van der Waals surface area contributed by atoms with E-state index < -0.39 is 0 Å². The lowest BCUT2D eigenvalue weighted by atomic mass is 10.1. The van der Waals surface area contributed by atoms with Crippen molar-refractivity contribution in [2.75, 3.05) is 7.11 Å². The summed E-state index contributed by atoms with van der Waals surface area (Å²) in [4.78, 5) is 4.71. The monoisotopic (exact) mass is 255 g/mol. The summed E-state index contributed by atoms with van der Waals surface area (Å²) in [6.07, 6.45) is 2.59. The Morgan fingerprint density at radius 1 is 1.37 bits per heavy atom. The van der Waals surface area contributed by atoms with Crippen LogP contribution in [0.5, 0.6) is 0 Å². The molecule has 0 aliphatic rings. The van der Waals surface area contributed by atoms with Crippen LogP contribution < -0.4 is 0 Å². The molecule has 0 saturated heterocycles. The van der Waals surface area contributed by atoms with Crippen LogP contribution in [-0.4, -0.2) is 33.4 Å². The van der Waals surface area contributed by atoms with Crippen molar-refractivity contribution in [3.8, 4) is 0 Å². The third-order valence-electron chi connectivity index (χ3n) is 3.07. The number of aromatic nitrogens is 4. The summed E-state index contributed by atoms with van der Waals surface area (Å²) in [6, 6.07) is 8.29. The lowest BCUT2D eigenvalue weighted by Crippen LogP contribution is -1.97. The van der Waals surface area contributed by atoms with Crippen molar-refractivity contribution in [1.82, 2.24) is 20.0 Å². The van der Waals surface area contributed by atoms with Crippen molar-refractivity contribution in [3.05, 3.63) is 35.4 Å². The van der Waals surface area contributed by atoms with Gasteiger partial charge in [-0.05, 0) is 34.5 Å². The van der Waals surface area contributed by atoms with Gasteiger partial charge in [0, 0.05) is 10.9 Å². The van der Waals surface area contributed by atoms with Gasteiger partial charge in [0.1, 0.15) is 7.11 Å². The maximum absolute atomic E-state index is 4.71. The second kappa shape index (κ2) is 4.64. The van der Waals surface area contributed by atoms with Gasteiger partial charge in [-0.1, -0.05) is 24.2 Å². The second-order valence-corrected chi connectivity index (χ2v) is 4.18. The number of aryl methyl sites for hydroxylation is 1. The van der Waals surface area contributed by atoms with Crippen LogP contribution in [0.15, 0.2) is 29.4 Å². The van der Waals surface area contributed by atoms with Gasteiger partial charge in [0.25, 0.3) is 0 Å². The highest BCUT2D eigenvalue weighted by molar-refractivity contribution is 5.94. The van der Waals surface area contributed by atoms with Gasteiger partial charge >= 0.3 is 0 Å². The number of rotatable bonds is 3. The standard InChI is InChI=1S/C13H13N5O/c1-3-9-4-5-10-7-11(8-14-19-2)13-15-16-17-18(13)12(10)6-9/h4-8H,3H2,1-2H3. The van der Waals surface area contributed by atoms with Crippen LogP contribution in [0, 0.1) is 0 Å². The summed E-state index contributed by atoms with van der Waals surface area (Å²) in [5.41, 5.74) is 3.74. The average molecular weight is 255 g/mol. The van der Waals surface area contributed by atoms with E-state index in [0.29, 0.717) is 5.65 Å². The number of oxime groups is 1. The second-order valence-electron chi connectivity index (χ2n) is 4.18. The lowest BCUT2D eigenvalue weighted by Gasteiger charge is -2.04. The molecule has 3 aromatic rings. The fraction of sp³-hybridized carbons (Fsp3) is 0.231. The van der Waals surface area contributed by atoms with Crippen LogP contribution in [-0.2, 0) is 11.3 Å². The summed E-state index contributed by atoms with van der Waals surface area (Å²) in [5, 5.41) is 16.7. The fourth-order valence-corrected chi connectivity index (χ4v) is 2.08. The molecule has 0 aliphatic carbocycles. The Kier molecular flexibility index (Phi) is 2.83. The molecule has 0 bridgehead atoms. The molecule has 6 nitrogen and oxygen atoms in total. The molecule has 0 aliphatic heterocycles. The molecule has 2 aromatic heterocycles. The first-order valence-corrected chi connectivity index (χ1v) is 6.03. The number of fused-ring (bicyclic) bond motifs is 3. The van der Waals surface area contributed by atoms with Crippen molar-refractivity contribution in [2.24, 2.45) is 5.16 Å². The molecular formula is C13H13N5O. The number of pyridine rings is 1. The molecule has 0 unspecified atom stereocenters. The molecule has 0 radical (unpaired) electrons. The van der Waals surface area contributed by atoms with Crippen molar-refractivity contribution in [2.45, 2.75) is 13.3 Å². The Hall–Kier alpha value is -2.50. The Bertz CT molecular complexity index is 762. The summed E-state index contributed by atoms with van der Waals surface area (Å²) < 4.78 is 1.73. The maximum Gasteiger partial charge on any atom is 0.188 e. The van der Waals surface area contributed by atoms with E-state index in [0.717, 1.165) is 22.9 Å². The van der Waals surface area contributed by atoms with Crippen LogP contribution >= 0.6 is 0 Å². The Labute approximate surface area is 109 Å². The van der Waals surface area contributed by atoms with Gasteiger partial charge in [0.2, 0.25) is 0 Å². The van der Waals surface area contributed by atoms with Gasteiger partial charge in [-0.25, -0.2) is 0 Å². The third-order valence-corrected chi connectivity index (χ3v) is 3.07. The van der Waals surface area contributed by atoms with Crippen molar-refractivity contribution < 1.29 is 4.84 Å². The third kappa shape index (κ3) is 1.91. The molecule has 19 heavy (non-hydrogen) atoms. The zero-order valence-corrected chi connectivity index (χ0v) is 10.7. The molecule has 3 rings (SSSR count). The Balaban J connectivity index is 2.34. The molecule has 6 heteroatoms. The minimum atomic E-state index is 0.668. The van der Waals surface area contributed by atoms with Gasteiger partial charge in [-0.2, -0.15) is 4.52 Å². The lowest BCUT2D eigenvalue weighted by molar-refractivity contribution is 0.215. The van der Waals surface area contributed by atoms with Crippen molar-refractivity contribution >= 4 is 22.8 Å². The average Bonchev–Trinajstić information content (AvgIpc) is 2.94.